The quantitative estimate of drug-likeness (QED) is 0.752. The van der Waals surface area contributed by atoms with Crippen molar-refractivity contribution >= 4 is 5.91 Å². The number of aromatic nitrogens is 1. The number of hydrogen-bond donors (Lipinski definition) is 0. The van der Waals surface area contributed by atoms with Crippen molar-refractivity contribution in [1.82, 2.24) is 9.88 Å². The number of halogens is 2. The normalized spacial score (nSPS) is 11.7. The second-order valence-electron chi connectivity index (χ2n) is 3.68. The highest BCUT2D eigenvalue weighted by molar-refractivity contribution is 5.94. The van der Waals surface area contributed by atoms with Crippen molar-refractivity contribution in [2.45, 2.75) is 6.92 Å². The number of rotatable bonds is 3. The van der Waals surface area contributed by atoms with Gasteiger partial charge in [0.2, 0.25) is 5.95 Å². The van der Waals surface area contributed by atoms with Crippen molar-refractivity contribution < 1.29 is 13.6 Å². The molecule has 0 spiro atoms. The van der Waals surface area contributed by atoms with Crippen molar-refractivity contribution in [3.8, 4) is 6.07 Å². The van der Waals surface area contributed by atoms with Crippen LogP contribution in [0.1, 0.15) is 17.3 Å². The van der Waals surface area contributed by atoms with Gasteiger partial charge in [-0.2, -0.15) is 9.65 Å². The minimum Gasteiger partial charge on any atom is -0.340 e. The summed E-state index contributed by atoms with van der Waals surface area (Å²) in [6.07, 6.45) is 1.02. The van der Waals surface area contributed by atoms with E-state index in [9.17, 15) is 13.6 Å². The number of carbonyl (C=O) groups excluding carboxylic acids is 1. The van der Waals surface area contributed by atoms with Crippen molar-refractivity contribution in [3.05, 3.63) is 29.6 Å². The summed E-state index contributed by atoms with van der Waals surface area (Å²) in [5, 5.41) is 8.60. The molecule has 0 radical (unpaired) electrons. The van der Waals surface area contributed by atoms with E-state index in [1.165, 1.54) is 11.9 Å². The van der Waals surface area contributed by atoms with E-state index in [2.05, 4.69) is 4.98 Å². The van der Waals surface area contributed by atoms with Crippen molar-refractivity contribution in [2.24, 2.45) is 5.92 Å². The lowest BCUT2D eigenvalue weighted by molar-refractivity contribution is 0.0779. The number of carbonyl (C=O) groups is 1. The fourth-order valence-corrected chi connectivity index (χ4v) is 1.32. The zero-order valence-corrected chi connectivity index (χ0v) is 9.44. The lowest BCUT2D eigenvalue weighted by Gasteiger charge is -2.18. The molecule has 1 atom stereocenters. The summed E-state index contributed by atoms with van der Waals surface area (Å²) in [6.45, 7) is 1.78. The molecule has 0 aliphatic carbocycles. The molecule has 0 N–H and O–H groups in total. The number of pyridine rings is 1. The first-order chi connectivity index (χ1) is 7.97. The Hall–Kier alpha value is -2.03. The van der Waals surface area contributed by atoms with Gasteiger partial charge in [-0.25, -0.2) is 9.37 Å². The molecule has 0 aliphatic heterocycles. The second-order valence-corrected chi connectivity index (χ2v) is 3.68. The third-order valence-electron chi connectivity index (χ3n) is 2.19. The van der Waals surface area contributed by atoms with Crippen molar-refractivity contribution in [2.75, 3.05) is 13.6 Å². The van der Waals surface area contributed by atoms with Crippen LogP contribution in [0.2, 0.25) is 0 Å². The molecular formula is C11H11F2N3O. The maximum atomic E-state index is 13.3. The molecule has 6 heteroatoms. The number of nitriles is 1. The van der Waals surface area contributed by atoms with Crippen LogP contribution in [0, 0.1) is 29.0 Å². The Morgan fingerprint density at radius 1 is 1.65 bits per heavy atom. The highest BCUT2D eigenvalue weighted by atomic mass is 19.2. The fourth-order valence-electron chi connectivity index (χ4n) is 1.32. The van der Waals surface area contributed by atoms with Gasteiger partial charge in [-0.05, 0) is 13.0 Å². The van der Waals surface area contributed by atoms with Crippen LogP contribution in [0.3, 0.4) is 0 Å². The summed E-state index contributed by atoms with van der Waals surface area (Å²) in [4.78, 5) is 16.0. The Kier molecular flexibility index (Phi) is 4.10. The maximum absolute atomic E-state index is 13.3. The zero-order valence-electron chi connectivity index (χ0n) is 9.44. The van der Waals surface area contributed by atoms with Crippen LogP contribution in [0.25, 0.3) is 0 Å². The van der Waals surface area contributed by atoms with Gasteiger partial charge in [-0.3, -0.25) is 4.79 Å². The Morgan fingerprint density at radius 2 is 2.29 bits per heavy atom. The summed E-state index contributed by atoms with van der Waals surface area (Å²) >= 11 is 0. The monoisotopic (exact) mass is 239 g/mol. The summed E-state index contributed by atoms with van der Waals surface area (Å²) in [7, 11) is 1.42. The number of nitrogens with zero attached hydrogens (tertiary/aromatic N) is 3. The average molecular weight is 239 g/mol. The molecular weight excluding hydrogens is 228 g/mol. The van der Waals surface area contributed by atoms with Gasteiger partial charge < -0.3 is 4.90 Å². The molecule has 1 rings (SSSR count). The molecule has 1 heterocycles. The molecule has 0 aromatic carbocycles. The molecule has 4 nitrogen and oxygen atoms in total. The van der Waals surface area contributed by atoms with Crippen LogP contribution in [-0.4, -0.2) is 29.4 Å². The van der Waals surface area contributed by atoms with Crippen LogP contribution in [0.5, 0.6) is 0 Å². The zero-order chi connectivity index (χ0) is 13.0. The van der Waals surface area contributed by atoms with E-state index >= 15 is 0 Å². The van der Waals surface area contributed by atoms with Gasteiger partial charge in [0, 0.05) is 19.8 Å². The van der Waals surface area contributed by atoms with Gasteiger partial charge in [0.25, 0.3) is 5.91 Å². The van der Waals surface area contributed by atoms with E-state index in [0.29, 0.717) is 0 Å². The SMILES string of the molecule is CC(C#N)CN(C)C(=O)c1ccnc(F)c1F. The maximum Gasteiger partial charge on any atom is 0.256 e. The molecule has 0 fully saturated rings. The lowest BCUT2D eigenvalue weighted by Crippen LogP contribution is -2.31. The molecule has 0 saturated carbocycles. The van der Waals surface area contributed by atoms with Crippen molar-refractivity contribution in [1.29, 1.82) is 5.26 Å². The molecule has 1 amide bonds. The minimum absolute atomic E-state index is 0.152. The van der Waals surface area contributed by atoms with Gasteiger partial charge in [-0.1, -0.05) is 0 Å². The highest BCUT2D eigenvalue weighted by Crippen LogP contribution is 2.12. The molecule has 0 saturated heterocycles. The predicted molar refractivity (Wildman–Crippen MR) is 55.9 cm³/mol. The van der Waals surface area contributed by atoms with Crippen LogP contribution in [0.15, 0.2) is 12.3 Å². The van der Waals surface area contributed by atoms with Gasteiger partial charge in [0.05, 0.1) is 17.6 Å². The third-order valence-corrected chi connectivity index (χ3v) is 2.19. The third kappa shape index (κ3) is 2.97. The van der Waals surface area contributed by atoms with E-state index < -0.39 is 17.7 Å². The van der Waals surface area contributed by atoms with Gasteiger partial charge in [-0.15, -0.1) is 0 Å². The predicted octanol–water partition coefficient (Wildman–Crippen LogP) is 1.59. The standard InChI is InChI=1S/C11H11F2N3O/c1-7(5-14)6-16(2)11(17)8-3-4-15-10(13)9(8)12/h3-4,7H,6H2,1-2H3. The smallest absolute Gasteiger partial charge is 0.256 e. The average Bonchev–Trinajstić information content (AvgIpc) is 2.31. The van der Waals surface area contributed by atoms with Crippen LogP contribution in [0.4, 0.5) is 8.78 Å². The Labute approximate surface area is 97.5 Å². The van der Waals surface area contributed by atoms with Gasteiger partial charge in [0.1, 0.15) is 0 Å². The molecule has 1 aromatic rings. The molecule has 17 heavy (non-hydrogen) atoms. The molecule has 90 valence electrons. The Bertz CT molecular complexity index is 470. The van der Waals surface area contributed by atoms with E-state index in [1.807, 2.05) is 6.07 Å². The lowest BCUT2D eigenvalue weighted by atomic mass is 10.1. The second kappa shape index (κ2) is 5.34. The van der Waals surface area contributed by atoms with Crippen LogP contribution >= 0.6 is 0 Å². The molecule has 1 aromatic heterocycles. The van der Waals surface area contributed by atoms with E-state index in [4.69, 9.17) is 5.26 Å². The Balaban J connectivity index is 2.90. The largest absolute Gasteiger partial charge is 0.340 e. The minimum atomic E-state index is -1.31. The fraction of sp³-hybridized carbons (Fsp3) is 0.364. The number of hydrogen-bond acceptors (Lipinski definition) is 3. The molecule has 1 unspecified atom stereocenters. The number of amides is 1. The van der Waals surface area contributed by atoms with Crippen LogP contribution in [-0.2, 0) is 0 Å². The summed E-state index contributed by atoms with van der Waals surface area (Å²) in [5.41, 5.74) is -0.384. The first-order valence-corrected chi connectivity index (χ1v) is 4.92. The van der Waals surface area contributed by atoms with Crippen molar-refractivity contribution in [3.63, 3.8) is 0 Å². The van der Waals surface area contributed by atoms with E-state index in [1.54, 1.807) is 6.92 Å². The Morgan fingerprint density at radius 3 is 2.88 bits per heavy atom. The summed E-state index contributed by atoms with van der Waals surface area (Å²) in [6, 6.07) is 3.06. The summed E-state index contributed by atoms with van der Waals surface area (Å²) < 4.78 is 26.1. The van der Waals surface area contributed by atoms with E-state index in [0.717, 1.165) is 12.3 Å². The highest BCUT2D eigenvalue weighted by Gasteiger charge is 2.20. The van der Waals surface area contributed by atoms with Gasteiger partial charge >= 0.3 is 0 Å². The van der Waals surface area contributed by atoms with Gasteiger partial charge in [0.15, 0.2) is 5.82 Å². The molecule has 0 bridgehead atoms. The van der Waals surface area contributed by atoms with Crippen LogP contribution < -0.4 is 0 Å². The summed E-state index contributed by atoms with van der Waals surface area (Å²) in [5.74, 6) is -3.63. The van der Waals surface area contributed by atoms with E-state index in [-0.39, 0.29) is 18.0 Å². The topological polar surface area (TPSA) is 57.0 Å². The first kappa shape index (κ1) is 13.0. The first-order valence-electron chi connectivity index (χ1n) is 4.92. The molecule has 0 aliphatic rings.